The molecular weight excluding hydrogens is 378 g/mol. The average molecular weight is 405 g/mol. The van der Waals surface area contributed by atoms with Crippen molar-refractivity contribution < 1.29 is 14.4 Å². The molecule has 0 radical (unpaired) electrons. The molecule has 0 bridgehead atoms. The Kier molecular flexibility index (Phi) is 5.95. The van der Waals surface area contributed by atoms with Crippen molar-refractivity contribution >= 4 is 23.3 Å². The number of Topliss-reactive ketones (excluding diaryl/α,β-unsaturated/α-hetero) is 1. The van der Waals surface area contributed by atoms with Gasteiger partial charge in [-0.05, 0) is 36.1 Å². The van der Waals surface area contributed by atoms with Crippen molar-refractivity contribution in [3.05, 3.63) is 65.2 Å². The molecular formula is C24H27N3O3. The quantitative estimate of drug-likeness (QED) is 0.766. The Labute approximate surface area is 176 Å². The van der Waals surface area contributed by atoms with Crippen LogP contribution in [0.3, 0.4) is 0 Å². The number of anilines is 1. The van der Waals surface area contributed by atoms with Gasteiger partial charge in [-0.1, -0.05) is 36.4 Å². The lowest BCUT2D eigenvalue weighted by Gasteiger charge is -2.37. The maximum atomic E-state index is 12.5. The van der Waals surface area contributed by atoms with Crippen molar-refractivity contribution in [3.8, 4) is 0 Å². The summed E-state index contributed by atoms with van der Waals surface area (Å²) >= 11 is 0. The predicted molar refractivity (Wildman–Crippen MR) is 115 cm³/mol. The van der Waals surface area contributed by atoms with Crippen molar-refractivity contribution in [2.24, 2.45) is 5.73 Å². The molecule has 6 heteroatoms. The number of hydrogen-bond acceptors (Lipinski definition) is 4. The topological polar surface area (TPSA) is 83.7 Å². The molecule has 0 unspecified atom stereocenters. The first-order chi connectivity index (χ1) is 14.5. The lowest BCUT2D eigenvalue weighted by atomic mass is 9.99. The number of nitrogens with zero attached hydrogens (tertiary/aromatic N) is 2. The minimum Gasteiger partial charge on any atom is -0.366 e. The van der Waals surface area contributed by atoms with E-state index >= 15 is 0 Å². The second kappa shape index (κ2) is 8.79. The van der Waals surface area contributed by atoms with E-state index in [2.05, 4.69) is 4.90 Å². The molecule has 2 amide bonds. The molecule has 1 saturated heterocycles. The molecule has 2 aromatic carbocycles. The summed E-state index contributed by atoms with van der Waals surface area (Å²) < 4.78 is 0. The number of ketones is 1. The van der Waals surface area contributed by atoms with Crippen LogP contribution in [0.2, 0.25) is 0 Å². The van der Waals surface area contributed by atoms with E-state index in [-0.39, 0.29) is 24.2 Å². The predicted octanol–water partition coefficient (Wildman–Crippen LogP) is 2.34. The standard InChI is InChI=1S/C24H27N3O3/c25-24(30)21-7-3-1-5-17(21)15-20(28)11-14-26-12-9-19(10-13-26)27-22-8-4-2-6-18(22)16-23(27)29/h1-8,19H,9-16H2,(H2,25,30). The number of nitrogens with two attached hydrogens (primary N) is 1. The molecule has 30 heavy (non-hydrogen) atoms. The number of hydrogen-bond donors (Lipinski definition) is 1. The minimum atomic E-state index is -0.501. The Balaban J connectivity index is 1.27. The molecule has 156 valence electrons. The Morgan fingerprint density at radius 1 is 1.00 bits per heavy atom. The van der Waals surface area contributed by atoms with Gasteiger partial charge in [0.15, 0.2) is 0 Å². The zero-order chi connectivity index (χ0) is 21.1. The van der Waals surface area contributed by atoms with Gasteiger partial charge in [-0.25, -0.2) is 0 Å². The fourth-order valence-electron chi connectivity index (χ4n) is 4.58. The van der Waals surface area contributed by atoms with Gasteiger partial charge in [0.05, 0.1) is 6.42 Å². The molecule has 0 aliphatic carbocycles. The summed E-state index contributed by atoms with van der Waals surface area (Å²) in [7, 11) is 0. The van der Waals surface area contributed by atoms with Crippen molar-refractivity contribution in [2.75, 3.05) is 24.5 Å². The maximum Gasteiger partial charge on any atom is 0.248 e. The van der Waals surface area contributed by atoms with Gasteiger partial charge in [-0.15, -0.1) is 0 Å². The molecule has 2 heterocycles. The van der Waals surface area contributed by atoms with Crippen LogP contribution in [0.4, 0.5) is 5.69 Å². The molecule has 6 nitrogen and oxygen atoms in total. The van der Waals surface area contributed by atoms with Gasteiger partial charge in [0, 0.05) is 49.8 Å². The molecule has 0 aromatic heterocycles. The molecule has 1 fully saturated rings. The van der Waals surface area contributed by atoms with Crippen LogP contribution in [0.25, 0.3) is 0 Å². The average Bonchev–Trinajstić information content (AvgIpc) is 3.08. The lowest BCUT2D eigenvalue weighted by Crippen LogP contribution is -2.46. The van der Waals surface area contributed by atoms with E-state index in [1.54, 1.807) is 18.2 Å². The molecule has 0 saturated carbocycles. The second-order valence-electron chi connectivity index (χ2n) is 8.13. The molecule has 2 aliphatic heterocycles. The summed E-state index contributed by atoms with van der Waals surface area (Å²) in [5.41, 5.74) is 8.69. The number of carbonyl (C=O) groups excluding carboxylic acids is 3. The number of piperidine rings is 1. The second-order valence-corrected chi connectivity index (χ2v) is 8.13. The first-order valence-corrected chi connectivity index (χ1v) is 10.5. The highest BCUT2D eigenvalue weighted by atomic mass is 16.2. The summed E-state index contributed by atoms with van der Waals surface area (Å²) in [6.07, 6.45) is 3.01. The van der Waals surface area contributed by atoms with Gasteiger partial charge in [0.25, 0.3) is 0 Å². The van der Waals surface area contributed by atoms with Crippen molar-refractivity contribution in [2.45, 2.75) is 38.1 Å². The summed E-state index contributed by atoms with van der Waals surface area (Å²) in [5.74, 6) is -0.203. The van der Waals surface area contributed by atoms with E-state index < -0.39 is 5.91 Å². The fraction of sp³-hybridized carbons (Fsp3) is 0.375. The van der Waals surface area contributed by atoms with E-state index in [0.29, 0.717) is 30.5 Å². The van der Waals surface area contributed by atoms with Crippen LogP contribution in [0.15, 0.2) is 48.5 Å². The van der Waals surface area contributed by atoms with Crippen LogP contribution >= 0.6 is 0 Å². The lowest BCUT2D eigenvalue weighted by molar-refractivity contribution is -0.119. The van der Waals surface area contributed by atoms with Crippen LogP contribution in [0.5, 0.6) is 0 Å². The SMILES string of the molecule is NC(=O)c1ccccc1CC(=O)CCN1CCC(N2C(=O)Cc3ccccc32)CC1. The summed E-state index contributed by atoms with van der Waals surface area (Å²) in [4.78, 5) is 40.8. The molecule has 2 aromatic rings. The molecule has 2 aliphatic rings. The highest BCUT2D eigenvalue weighted by Crippen LogP contribution is 2.33. The molecule has 0 spiro atoms. The minimum absolute atomic E-state index is 0.106. The summed E-state index contributed by atoms with van der Waals surface area (Å²) in [6, 6.07) is 15.3. The number of fused-ring (bicyclic) bond motifs is 1. The van der Waals surface area contributed by atoms with Gasteiger partial charge >= 0.3 is 0 Å². The number of likely N-dealkylation sites (tertiary alicyclic amines) is 1. The number of primary amides is 1. The monoisotopic (exact) mass is 405 g/mol. The van der Waals surface area contributed by atoms with Crippen LogP contribution in [0, 0.1) is 0 Å². The van der Waals surface area contributed by atoms with Crippen molar-refractivity contribution in [3.63, 3.8) is 0 Å². The van der Waals surface area contributed by atoms with E-state index in [4.69, 9.17) is 5.73 Å². The van der Waals surface area contributed by atoms with Crippen LogP contribution in [0.1, 0.15) is 40.7 Å². The van der Waals surface area contributed by atoms with Crippen LogP contribution in [-0.4, -0.2) is 48.2 Å². The van der Waals surface area contributed by atoms with Gasteiger partial charge in [0.1, 0.15) is 5.78 Å². The van der Waals surface area contributed by atoms with Gasteiger partial charge in [-0.2, -0.15) is 0 Å². The third-order valence-electron chi connectivity index (χ3n) is 6.16. The third kappa shape index (κ3) is 4.28. The first kappa shape index (κ1) is 20.3. The van der Waals surface area contributed by atoms with E-state index in [9.17, 15) is 14.4 Å². The Morgan fingerprint density at radius 3 is 2.47 bits per heavy atom. The van der Waals surface area contributed by atoms with Gasteiger partial charge in [0.2, 0.25) is 11.8 Å². The van der Waals surface area contributed by atoms with Crippen molar-refractivity contribution in [1.29, 1.82) is 0 Å². The van der Waals surface area contributed by atoms with E-state index in [1.165, 1.54) is 0 Å². The smallest absolute Gasteiger partial charge is 0.248 e. The van der Waals surface area contributed by atoms with E-state index in [1.807, 2.05) is 35.2 Å². The molecule has 0 atom stereocenters. The largest absolute Gasteiger partial charge is 0.366 e. The zero-order valence-corrected chi connectivity index (χ0v) is 17.0. The number of amides is 2. The normalized spacial score (nSPS) is 17.2. The number of para-hydroxylation sites is 1. The van der Waals surface area contributed by atoms with Gasteiger partial charge in [-0.3, -0.25) is 14.4 Å². The Bertz CT molecular complexity index is 964. The summed E-state index contributed by atoms with van der Waals surface area (Å²) in [5, 5.41) is 0. The van der Waals surface area contributed by atoms with E-state index in [0.717, 1.165) is 37.2 Å². The first-order valence-electron chi connectivity index (χ1n) is 10.5. The molecule has 2 N–H and O–H groups in total. The summed E-state index contributed by atoms with van der Waals surface area (Å²) in [6.45, 7) is 2.46. The third-order valence-corrected chi connectivity index (χ3v) is 6.16. The number of rotatable bonds is 7. The number of carbonyl (C=O) groups is 3. The van der Waals surface area contributed by atoms with Crippen LogP contribution in [-0.2, 0) is 22.4 Å². The van der Waals surface area contributed by atoms with Crippen molar-refractivity contribution in [1.82, 2.24) is 4.90 Å². The highest BCUT2D eigenvalue weighted by molar-refractivity contribution is 6.01. The fourth-order valence-corrected chi connectivity index (χ4v) is 4.58. The Hall–Kier alpha value is -2.99. The highest BCUT2D eigenvalue weighted by Gasteiger charge is 2.34. The maximum absolute atomic E-state index is 12.5. The number of benzene rings is 2. The van der Waals surface area contributed by atoms with Gasteiger partial charge < -0.3 is 15.5 Å². The Morgan fingerprint density at radius 2 is 1.70 bits per heavy atom. The van der Waals surface area contributed by atoms with Crippen LogP contribution < -0.4 is 10.6 Å². The zero-order valence-electron chi connectivity index (χ0n) is 17.0. The molecule has 4 rings (SSSR count).